The highest BCUT2D eigenvalue weighted by molar-refractivity contribution is 7.99. The summed E-state index contributed by atoms with van der Waals surface area (Å²) in [7, 11) is -2.84. The Bertz CT molecular complexity index is 234. The van der Waals surface area contributed by atoms with Gasteiger partial charge in [0.2, 0.25) is 0 Å². The summed E-state index contributed by atoms with van der Waals surface area (Å²) in [5.41, 5.74) is 0. The van der Waals surface area contributed by atoms with Crippen LogP contribution in [0.1, 0.15) is 5.48 Å². The molecule has 0 aromatic heterocycles. The van der Waals surface area contributed by atoms with Gasteiger partial charge in [-0.15, -0.1) is 0 Å². The van der Waals surface area contributed by atoms with Crippen molar-refractivity contribution >= 4 is 18.9 Å². The Kier molecular flexibility index (Phi) is 2.73. The van der Waals surface area contributed by atoms with Crippen molar-refractivity contribution in [2.75, 3.05) is 37.5 Å². The second-order valence-corrected chi connectivity index (χ2v) is 6.16. The van der Waals surface area contributed by atoms with Crippen molar-refractivity contribution in [2.45, 2.75) is 0 Å². The average molecular weight is 186 g/mol. The summed E-state index contributed by atoms with van der Waals surface area (Å²) in [6.45, 7) is 0.425. The molecule has 0 atom stereocenters. The molecule has 0 amide bonds. The highest BCUT2D eigenvalue weighted by Crippen LogP contribution is 2.35. The van der Waals surface area contributed by atoms with Crippen molar-refractivity contribution in [2.24, 2.45) is 0 Å². The highest BCUT2D eigenvalue weighted by atomic mass is 32.2. The van der Waals surface area contributed by atoms with E-state index >= 15 is 0 Å². The predicted octanol–water partition coefficient (Wildman–Crippen LogP) is 1.33. The second-order valence-electron chi connectivity index (χ2n) is 2.16. The quantitative estimate of drug-likeness (QED) is 0.658. The number of hydrogen-bond donors (Lipinski definition) is 1. The zero-order valence-electron chi connectivity index (χ0n) is 10.1. The van der Waals surface area contributed by atoms with Crippen molar-refractivity contribution < 1.29 is 15.2 Å². The summed E-state index contributed by atoms with van der Waals surface area (Å²) < 4.78 is 40.0. The zero-order valence-corrected chi connectivity index (χ0v) is 7.84. The SMILES string of the molecule is [2H]C([2H])(O)CSCC([2H])([2H])P(C)(C)=O. The van der Waals surface area contributed by atoms with Crippen LogP contribution in [-0.4, -0.2) is 42.6 Å². The number of hydrogen-bond acceptors (Lipinski definition) is 3. The van der Waals surface area contributed by atoms with E-state index in [4.69, 9.17) is 10.6 Å². The number of aliphatic hydroxyl groups is 1. The lowest BCUT2D eigenvalue weighted by Crippen LogP contribution is -1.93. The average Bonchev–Trinajstić information content (AvgIpc) is 1.80. The molecule has 0 aliphatic rings. The van der Waals surface area contributed by atoms with Crippen LogP contribution in [0.15, 0.2) is 0 Å². The summed E-state index contributed by atoms with van der Waals surface area (Å²) in [4.78, 5) is 0. The Morgan fingerprint density at radius 2 is 2.20 bits per heavy atom. The van der Waals surface area contributed by atoms with Gasteiger partial charge < -0.3 is 9.67 Å². The second kappa shape index (κ2) is 5.22. The summed E-state index contributed by atoms with van der Waals surface area (Å²) in [6, 6.07) is 0. The van der Waals surface area contributed by atoms with Gasteiger partial charge in [0, 0.05) is 20.4 Å². The van der Waals surface area contributed by atoms with Crippen LogP contribution in [0.3, 0.4) is 0 Å². The molecule has 0 aliphatic carbocycles. The minimum Gasteiger partial charge on any atom is -0.396 e. The largest absolute Gasteiger partial charge is 0.396 e. The van der Waals surface area contributed by atoms with Gasteiger partial charge in [-0.25, -0.2) is 0 Å². The monoisotopic (exact) mass is 186 g/mol. The standard InChI is InChI=1S/C6H15O2PS/c1-9(2,8)4-6-10-5-3-7/h7H,3-6H2,1-2H3/i3D2,4D2. The maximum absolute atomic E-state index is 11.4. The van der Waals surface area contributed by atoms with E-state index in [0.29, 0.717) is 0 Å². The van der Waals surface area contributed by atoms with Crippen molar-refractivity contribution in [3.63, 3.8) is 0 Å². The van der Waals surface area contributed by atoms with E-state index in [-0.39, 0.29) is 11.5 Å². The fourth-order valence-corrected chi connectivity index (χ4v) is 2.10. The maximum atomic E-state index is 11.4. The van der Waals surface area contributed by atoms with Gasteiger partial charge in [-0.2, -0.15) is 11.8 Å². The molecular formula is C6H15O2PS. The van der Waals surface area contributed by atoms with Crippen LogP contribution in [0.5, 0.6) is 0 Å². The number of thioether (sulfide) groups is 1. The van der Waals surface area contributed by atoms with Crippen LogP contribution < -0.4 is 0 Å². The molecule has 0 bridgehead atoms. The van der Waals surface area contributed by atoms with Crippen molar-refractivity contribution in [3.05, 3.63) is 0 Å². The minimum atomic E-state index is -2.84. The van der Waals surface area contributed by atoms with Gasteiger partial charge in [-0.1, -0.05) is 0 Å². The lowest BCUT2D eigenvalue weighted by molar-refractivity contribution is 0.322. The van der Waals surface area contributed by atoms with E-state index < -0.39 is 19.8 Å². The first kappa shape index (κ1) is 5.23. The molecule has 0 aliphatic heterocycles. The molecule has 0 aromatic rings. The molecule has 0 fully saturated rings. The van der Waals surface area contributed by atoms with Gasteiger partial charge in [-0.05, 0) is 13.3 Å². The molecule has 1 N–H and O–H groups in total. The minimum absolute atomic E-state index is 0.0721. The van der Waals surface area contributed by atoms with Gasteiger partial charge in [-0.3, -0.25) is 0 Å². The van der Waals surface area contributed by atoms with E-state index in [1.54, 1.807) is 0 Å². The van der Waals surface area contributed by atoms with Crippen LogP contribution >= 0.6 is 18.9 Å². The number of rotatable bonds is 5. The van der Waals surface area contributed by atoms with Crippen LogP contribution in [-0.2, 0) is 4.57 Å². The predicted molar refractivity (Wildman–Crippen MR) is 48.7 cm³/mol. The molecule has 0 heterocycles. The normalized spacial score (nSPS) is 20.7. The van der Waals surface area contributed by atoms with Crippen LogP contribution in [0.4, 0.5) is 0 Å². The molecule has 0 saturated carbocycles. The molecule has 0 saturated heterocycles. The Labute approximate surface area is 72.4 Å². The van der Waals surface area contributed by atoms with Crippen molar-refractivity contribution in [1.29, 1.82) is 0 Å². The first-order valence-electron chi connectivity index (χ1n) is 4.81. The zero-order chi connectivity index (χ0) is 11.6. The third-order valence-electron chi connectivity index (χ3n) is 0.714. The summed E-state index contributed by atoms with van der Waals surface area (Å²) in [6.07, 6.45) is -1.80. The third-order valence-corrected chi connectivity index (χ3v) is 2.53. The molecule has 0 aromatic carbocycles. The lowest BCUT2D eigenvalue weighted by Gasteiger charge is -2.04. The molecule has 62 valence electrons. The van der Waals surface area contributed by atoms with Gasteiger partial charge in [0.25, 0.3) is 0 Å². The third kappa shape index (κ3) is 8.54. The maximum Gasteiger partial charge on any atom is 0.0827 e. The Morgan fingerprint density at radius 1 is 1.60 bits per heavy atom. The van der Waals surface area contributed by atoms with E-state index in [0.717, 1.165) is 11.8 Å². The van der Waals surface area contributed by atoms with Crippen molar-refractivity contribution in [1.82, 2.24) is 0 Å². The van der Waals surface area contributed by atoms with Gasteiger partial charge >= 0.3 is 0 Å². The molecule has 0 radical (unpaired) electrons. The van der Waals surface area contributed by atoms with Crippen LogP contribution in [0, 0.1) is 0 Å². The Morgan fingerprint density at radius 3 is 2.60 bits per heavy atom. The summed E-state index contributed by atoms with van der Waals surface area (Å²) in [5.74, 6) is -0.288. The molecule has 0 unspecified atom stereocenters. The lowest BCUT2D eigenvalue weighted by atomic mass is 10.9. The van der Waals surface area contributed by atoms with E-state index in [1.165, 1.54) is 13.3 Å². The van der Waals surface area contributed by atoms with Gasteiger partial charge in [0.05, 0.1) is 16.4 Å². The van der Waals surface area contributed by atoms with E-state index in [9.17, 15) is 4.57 Å². The fourth-order valence-electron chi connectivity index (χ4n) is 0.298. The first-order valence-corrected chi connectivity index (χ1v) is 6.56. The smallest absolute Gasteiger partial charge is 0.0827 e. The molecular weight excluding hydrogens is 167 g/mol. The van der Waals surface area contributed by atoms with Gasteiger partial charge in [0.1, 0.15) is 0 Å². The summed E-state index contributed by atoms with van der Waals surface area (Å²) >= 11 is 0.922. The highest BCUT2D eigenvalue weighted by Gasteiger charge is 2.04. The molecule has 10 heavy (non-hydrogen) atoms. The van der Waals surface area contributed by atoms with E-state index in [2.05, 4.69) is 0 Å². The van der Waals surface area contributed by atoms with Crippen LogP contribution in [0.2, 0.25) is 0 Å². The molecule has 4 heteroatoms. The van der Waals surface area contributed by atoms with E-state index in [1.807, 2.05) is 0 Å². The van der Waals surface area contributed by atoms with Crippen molar-refractivity contribution in [3.8, 4) is 0 Å². The molecule has 2 nitrogen and oxygen atoms in total. The topological polar surface area (TPSA) is 37.3 Å². The Balaban J connectivity index is 4.09. The summed E-state index contributed by atoms with van der Waals surface area (Å²) in [5, 5.41) is 8.74. The molecule has 0 rings (SSSR count). The Hall–Kier alpha value is 0.540. The fraction of sp³-hybridized carbons (Fsp3) is 1.00. The van der Waals surface area contributed by atoms with Crippen LogP contribution in [0.25, 0.3) is 0 Å². The first-order chi connectivity index (χ1) is 5.96. The molecule has 0 spiro atoms. The van der Waals surface area contributed by atoms with Gasteiger partial charge in [0.15, 0.2) is 0 Å².